The number of alkyl halides is 2. The predicted octanol–water partition coefficient (Wildman–Crippen LogP) is 2.30. The van der Waals surface area contributed by atoms with Crippen LogP contribution in [0.4, 0.5) is 0 Å². The van der Waals surface area contributed by atoms with Crippen LogP contribution in [0.25, 0.3) is 0 Å². The van der Waals surface area contributed by atoms with Crippen LogP contribution in [0.1, 0.15) is 13.8 Å². The molecule has 0 spiro atoms. The first-order valence-electron chi connectivity index (χ1n) is 3.56. The maximum absolute atomic E-state index is 5.60. The summed E-state index contributed by atoms with van der Waals surface area (Å²) < 4.78 is 11.2. The van der Waals surface area contributed by atoms with Gasteiger partial charge in [0.25, 0.3) is 0 Å². The minimum absolute atomic E-state index is 0.171. The topological polar surface area (TPSA) is 18.5 Å². The van der Waals surface area contributed by atoms with Gasteiger partial charge in [0, 0.05) is 10.7 Å². The second kappa shape index (κ2) is 3.73. The Hall–Kier alpha value is 0.880. The van der Waals surface area contributed by atoms with Gasteiger partial charge >= 0.3 is 0 Å². The van der Waals surface area contributed by atoms with Gasteiger partial charge in [-0.25, -0.2) is 0 Å². The highest BCUT2D eigenvalue weighted by Crippen LogP contribution is 2.29. The summed E-state index contributed by atoms with van der Waals surface area (Å²) in [4.78, 5) is 0. The molecule has 4 heteroatoms. The minimum Gasteiger partial charge on any atom is -0.344 e. The fraction of sp³-hybridized carbons (Fsp3) is 1.00. The highest BCUT2D eigenvalue weighted by Gasteiger charge is 2.39. The normalized spacial score (nSPS) is 36.0. The van der Waals surface area contributed by atoms with Crippen molar-refractivity contribution in [3.8, 4) is 0 Å². The molecule has 0 amide bonds. The van der Waals surface area contributed by atoms with Crippen molar-refractivity contribution in [1.29, 1.82) is 0 Å². The average Bonchev–Trinajstić information content (AvgIpc) is 2.25. The highest BCUT2D eigenvalue weighted by atomic mass is 79.9. The van der Waals surface area contributed by atoms with Gasteiger partial charge in [-0.2, -0.15) is 0 Å². The maximum atomic E-state index is 5.60. The van der Waals surface area contributed by atoms with Crippen LogP contribution in [0.2, 0.25) is 0 Å². The zero-order chi connectivity index (χ0) is 8.48. The fourth-order valence-corrected chi connectivity index (χ4v) is 2.27. The van der Waals surface area contributed by atoms with Crippen LogP contribution in [0.3, 0.4) is 0 Å². The third kappa shape index (κ3) is 2.41. The van der Waals surface area contributed by atoms with Gasteiger partial charge in [0.15, 0.2) is 5.79 Å². The summed E-state index contributed by atoms with van der Waals surface area (Å²) >= 11 is 6.77. The number of ether oxygens (including phenoxy) is 2. The van der Waals surface area contributed by atoms with Crippen molar-refractivity contribution in [2.24, 2.45) is 0 Å². The molecule has 0 aromatic rings. The highest BCUT2D eigenvalue weighted by molar-refractivity contribution is 9.09. The van der Waals surface area contributed by atoms with E-state index in [-0.39, 0.29) is 12.2 Å². The Morgan fingerprint density at radius 1 is 1.09 bits per heavy atom. The average molecular weight is 288 g/mol. The summed E-state index contributed by atoms with van der Waals surface area (Å²) in [5.74, 6) is -0.420. The van der Waals surface area contributed by atoms with Gasteiger partial charge in [-0.05, 0) is 13.8 Å². The first-order chi connectivity index (χ1) is 5.09. The van der Waals surface area contributed by atoms with Gasteiger partial charge in [-0.1, -0.05) is 31.9 Å². The summed E-state index contributed by atoms with van der Waals surface area (Å²) in [7, 11) is 0. The van der Waals surface area contributed by atoms with Crippen molar-refractivity contribution in [1.82, 2.24) is 0 Å². The molecule has 1 fully saturated rings. The number of halogens is 2. The van der Waals surface area contributed by atoms with Crippen molar-refractivity contribution in [3.05, 3.63) is 0 Å². The van der Waals surface area contributed by atoms with E-state index in [4.69, 9.17) is 9.47 Å². The molecule has 0 aliphatic carbocycles. The molecule has 11 heavy (non-hydrogen) atoms. The summed E-state index contributed by atoms with van der Waals surface area (Å²) in [6.07, 6.45) is 0.341. The lowest BCUT2D eigenvalue weighted by molar-refractivity contribution is -0.142. The molecule has 0 radical (unpaired) electrons. The van der Waals surface area contributed by atoms with Gasteiger partial charge < -0.3 is 9.47 Å². The summed E-state index contributed by atoms with van der Waals surface area (Å²) in [5, 5.41) is 1.65. The third-order valence-electron chi connectivity index (χ3n) is 1.59. The van der Waals surface area contributed by atoms with Gasteiger partial charge in [0.05, 0.1) is 12.2 Å². The smallest absolute Gasteiger partial charge is 0.163 e. The van der Waals surface area contributed by atoms with Gasteiger partial charge in [0.1, 0.15) is 0 Å². The van der Waals surface area contributed by atoms with E-state index in [1.807, 2.05) is 13.8 Å². The molecule has 1 saturated heterocycles. The van der Waals surface area contributed by atoms with E-state index in [9.17, 15) is 0 Å². The molecule has 0 bridgehead atoms. The van der Waals surface area contributed by atoms with Crippen LogP contribution < -0.4 is 0 Å². The van der Waals surface area contributed by atoms with Crippen LogP contribution in [-0.4, -0.2) is 28.7 Å². The predicted molar refractivity (Wildman–Crippen MR) is 51.4 cm³/mol. The van der Waals surface area contributed by atoms with Crippen molar-refractivity contribution in [2.75, 3.05) is 10.7 Å². The minimum atomic E-state index is -0.420. The molecule has 2 nitrogen and oxygen atoms in total. The van der Waals surface area contributed by atoms with E-state index in [1.165, 1.54) is 0 Å². The molecular formula is C7H12Br2O2. The second-order valence-electron chi connectivity index (χ2n) is 3.02. The van der Waals surface area contributed by atoms with E-state index in [0.717, 1.165) is 10.7 Å². The van der Waals surface area contributed by atoms with Crippen LogP contribution in [-0.2, 0) is 9.47 Å². The molecule has 1 heterocycles. The number of hydrogen-bond acceptors (Lipinski definition) is 2. The maximum Gasteiger partial charge on any atom is 0.163 e. The summed E-state index contributed by atoms with van der Waals surface area (Å²) in [6.45, 7) is 3.87. The number of hydrogen-bond donors (Lipinski definition) is 0. The molecule has 0 N–H and O–H groups in total. The van der Waals surface area contributed by atoms with Crippen LogP contribution in [0, 0.1) is 0 Å². The molecule has 1 aliphatic rings. The Labute approximate surface area is 83.9 Å². The van der Waals surface area contributed by atoms with Gasteiger partial charge in [-0.15, -0.1) is 0 Å². The van der Waals surface area contributed by atoms with Gasteiger partial charge in [-0.3, -0.25) is 0 Å². The Morgan fingerprint density at radius 3 is 1.73 bits per heavy atom. The largest absolute Gasteiger partial charge is 0.344 e. The summed E-state index contributed by atoms with van der Waals surface area (Å²) in [5.41, 5.74) is 0. The standard InChI is InChI=1S/C7H12Br2O2/c1-7(2)10-5(3-8)6(4-9)11-7/h5-6H,3-4H2,1-2H3/t5-,6-/m1/s1. The van der Waals surface area contributed by atoms with Crippen LogP contribution in [0.15, 0.2) is 0 Å². The van der Waals surface area contributed by atoms with Crippen LogP contribution >= 0.6 is 31.9 Å². The second-order valence-corrected chi connectivity index (χ2v) is 4.32. The van der Waals surface area contributed by atoms with E-state index in [0.29, 0.717) is 0 Å². The quantitative estimate of drug-likeness (QED) is 0.726. The molecule has 66 valence electrons. The van der Waals surface area contributed by atoms with Crippen LogP contribution in [0.5, 0.6) is 0 Å². The van der Waals surface area contributed by atoms with Crippen molar-refractivity contribution >= 4 is 31.9 Å². The molecule has 0 saturated carbocycles. The monoisotopic (exact) mass is 286 g/mol. The van der Waals surface area contributed by atoms with Gasteiger partial charge in [0.2, 0.25) is 0 Å². The van der Waals surface area contributed by atoms with E-state index in [1.54, 1.807) is 0 Å². The molecule has 1 rings (SSSR count). The summed E-state index contributed by atoms with van der Waals surface area (Å²) in [6, 6.07) is 0. The van der Waals surface area contributed by atoms with E-state index >= 15 is 0 Å². The zero-order valence-electron chi connectivity index (χ0n) is 6.64. The third-order valence-corrected chi connectivity index (χ3v) is 2.87. The lowest BCUT2D eigenvalue weighted by atomic mass is 10.3. The zero-order valence-corrected chi connectivity index (χ0v) is 9.81. The first kappa shape index (κ1) is 9.96. The Bertz CT molecular complexity index is 124. The lowest BCUT2D eigenvalue weighted by Crippen LogP contribution is -2.24. The van der Waals surface area contributed by atoms with Crippen molar-refractivity contribution < 1.29 is 9.47 Å². The molecular weight excluding hydrogens is 276 g/mol. The first-order valence-corrected chi connectivity index (χ1v) is 5.81. The number of rotatable bonds is 2. The van der Waals surface area contributed by atoms with Crippen molar-refractivity contribution in [2.45, 2.75) is 31.8 Å². The molecule has 0 unspecified atom stereocenters. The lowest BCUT2D eigenvalue weighted by Gasteiger charge is -2.16. The Kier molecular flexibility index (Phi) is 3.38. The molecule has 0 aromatic heterocycles. The molecule has 1 aliphatic heterocycles. The van der Waals surface area contributed by atoms with Crippen molar-refractivity contribution in [3.63, 3.8) is 0 Å². The fourth-order valence-electron chi connectivity index (χ4n) is 1.17. The SMILES string of the molecule is CC1(C)O[C@H](CBr)[C@@H](CBr)O1. The Balaban J connectivity index is 2.55. The van der Waals surface area contributed by atoms with E-state index in [2.05, 4.69) is 31.9 Å². The van der Waals surface area contributed by atoms with E-state index < -0.39 is 5.79 Å². The Morgan fingerprint density at radius 2 is 1.45 bits per heavy atom. The molecule has 0 aromatic carbocycles. The molecule has 2 atom stereocenters.